The zero-order valence-corrected chi connectivity index (χ0v) is 8.55. The van der Waals surface area contributed by atoms with E-state index in [0.29, 0.717) is 0 Å². The Morgan fingerprint density at radius 3 is 2.12 bits per heavy atom. The summed E-state index contributed by atoms with van der Waals surface area (Å²) in [6.45, 7) is 0. The van der Waals surface area contributed by atoms with Crippen LogP contribution in [0.4, 0.5) is 13.2 Å². The first kappa shape index (κ1) is 11.2. The molecular weight excluding hydrogens is 227 g/mol. The number of hydrogen-bond acceptors (Lipinski definition) is 1. The number of nitriles is 1. The van der Waals surface area contributed by atoms with E-state index in [-0.39, 0.29) is 16.7 Å². The molecule has 0 aliphatic heterocycles. The topological polar surface area (TPSA) is 23.8 Å². The fourth-order valence-corrected chi connectivity index (χ4v) is 1.56. The van der Waals surface area contributed by atoms with Gasteiger partial charge in [-0.15, -0.1) is 0 Å². The Kier molecular flexibility index (Phi) is 2.84. The fourth-order valence-electron chi connectivity index (χ4n) is 1.56. The summed E-state index contributed by atoms with van der Waals surface area (Å²) in [5.41, 5.74) is -0.340. The zero-order chi connectivity index (χ0) is 12.4. The van der Waals surface area contributed by atoms with Gasteiger partial charge in [-0.1, -0.05) is 12.1 Å². The van der Waals surface area contributed by atoms with Gasteiger partial charge in [0.25, 0.3) is 0 Å². The molecule has 0 spiro atoms. The number of benzene rings is 2. The highest BCUT2D eigenvalue weighted by atomic mass is 19.1. The average molecular weight is 233 g/mol. The van der Waals surface area contributed by atoms with Gasteiger partial charge in [0.2, 0.25) is 0 Å². The largest absolute Gasteiger partial charge is 0.207 e. The third-order valence-corrected chi connectivity index (χ3v) is 2.28. The molecule has 0 aromatic heterocycles. The maximum Gasteiger partial charge on any atom is 0.135 e. The van der Waals surface area contributed by atoms with Crippen LogP contribution in [-0.4, -0.2) is 0 Å². The van der Waals surface area contributed by atoms with Gasteiger partial charge in [-0.3, -0.25) is 0 Å². The predicted octanol–water partition coefficient (Wildman–Crippen LogP) is 3.64. The van der Waals surface area contributed by atoms with Crippen LogP contribution in [0.1, 0.15) is 5.56 Å². The lowest BCUT2D eigenvalue weighted by Crippen LogP contribution is -1.92. The van der Waals surface area contributed by atoms with Gasteiger partial charge in [0, 0.05) is 0 Å². The Hall–Kier alpha value is -2.28. The molecule has 0 bridgehead atoms. The monoisotopic (exact) mass is 233 g/mol. The van der Waals surface area contributed by atoms with Gasteiger partial charge in [-0.2, -0.15) is 5.26 Å². The molecule has 0 N–H and O–H groups in total. The molecule has 2 aromatic carbocycles. The van der Waals surface area contributed by atoms with Gasteiger partial charge in [0.05, 0.1) is 17.2 Å². The van der Waals surface area contributed by atoms with Crippen molar-refractivity contribution in [1.82, 2.24) is 0 Å². The van der Waals surface area contributed by atoms with Crippen molar-refractivity contribution in [2.75, 3.05) is 0 Å². The number of halogens is 3. The number of rotatable bonds is 1. The van der Waals surface area contributed by atoms with Crippen LogP contribution in [0.3, 0.4) is 0 Å². The van der Waals surface area contributed by atoms with Crippen LogP contribution in [0.15, 0.2) is 36.4 Å². The minimum Gasteiger partial charge on any atom is -0.207 e. The second-order valence-corrected chi connectivity index (χ2v) is 3.44. The summed E-state index contributed by atoms with van der Waals surface area (Å²) in [5.74, 6) is -2.34. The van der Waals surface area contributed by atoms with Crippen LogP contribution in [0.5, 0.6) is 0 Å². The van der Waals surface area contributed by atoms with Gasteiger partial charge in [-0.05, 0) is 29.8 Å². The maximum atomic E-state index is 13.6. The first-order valence-corrected chi connectivity index (χ1v) is 4.77. The second-order valence-electron chi connectivity index (χ2n) is 3.44. The highest BCUT2D eigenvalue weighted by molar-refractivity contribution is 5.65. The predicted molar refractivity (Wildman–Crippen MR) is 56.5 cm³/mol. The van der Waals surface area contributed by atoms with Crippen molar-refractivity contribution in [2.45, 2.75) is 0 Å². The fraction of sp³-hybridized carbons (Fsp3) is 0. The second kappa shape index (κ2) is 4.30. The Morgan fingerprint density at radius 1 is 0.941 bits per heavy atom. The van der Waals surface area contributed by atoms with Crippen molar-refractivity contribution < 1.29 is 13.2 Å². The minimum atomic E-state index is -0.882. The van der Waals surface area contributed by atoms with Crippen LogP contribution in [-0.2, 0) is 0 Å². The Balaban J connectivity index is 2.65. The standard InChI is InChI=1S/C13H6F3N/c14-10-3-1-2-9(6-10)13-11(15)4-8(7-17)5-12(13)16/h1-6H. The van der Waals surface area contributed by atoms with Crippen molar-refractivity contribution in [3.63, 3.8) is 0 Å². The van der Waals surface area contributed by atoms with Crippen LogP contribution in [0.25, 0.3) is 11.1 Å². The highest BCUT2D eigenvalue weighted by Gasteiger charge is 2.13. The van der Waals surface area contributed by atoms with Gasteiger partial charge in [0.15, 0.2) is 0 Å². The normalized spacial score (nSPS) is 10.0. The minimum absolute atomic E-state index is 0.101. The quantitative estimate of drug-likeness (QED) is 0.737. The molecule has 4 heteroatoms. The van der Waals surface area contributed by atoms with Crippen molar-refractivity contribution in [3.8, 4) is 17.2 Å². The van der Waals surface area contributed by atoms with Gasteiger partial charge in [0.1, 0.15) is 17.5 Å². The number of hydrogen-bond donors (Lipinski definition) is 0. The van der Waals surface area contributed by atoms with E-state index < -0.39 is 17.5 Å². The summed E-state index contributed by atoms with van der Waals surface area (Å²) in [5, 5.41) is 8.55. The summed E-state index contributed by atoms with van der Waals surface area (Å²) in [7, 11) is 0. The van der Waals surface area contributed by atoms with E-state index in [1.54, 1.807) is 6.07 Å². The van der Waals surface area contributed by atoms with E-state index in [1.165, 1.54) is 18.2 Å². The average Bonchev–Trinajstić information content (AvgIpc) is 2.28. The number of nitrogens with zero attached hydrogens (tertiary/aromatic N) is 1. The molecule has 0 aliphatic rings. The molecule has 0 atom stereocenters. The van der Waals surface area contributed by atoms with E-state index in [9.17, 15) is 13.2 Å². The molecule has 0 radical (unpaired) electrons. The van der Waals surface area contributed by atoms with Crippen LogP contribution >= 0.6 is 0 Å². The smallest absolute Gasteiger partial charge is 0.135 e. The van der Waals surface area contributed by atoms with E-state index in [4.69, 9.17) is 5.26 Å². The molecule has 1 nitrogen and oxygen atoms in total. The van der Waals surface area contributed by atoms with Crippen molar-refractivity contribution >= 4 is 0 Å². The first-order valence-electron chi connectivity index (χ1n) is 4.77. The van der Waals surface area contributed by atoms with Crippen LogP contribution in [0, 0.1) is 28.8 Å². The van der Waals surface area contributed by atoms with Gasteiger partial charge in [-0.25, -0.2) is 13.2 Å². The molecule has 0 amide bonds. The molecule has 2 rings (SSSR count). The summed E-state index contributed by atoms with van der Waals surface area (Å²) >= 11 is 0. The molecule has 0 saturated heterocycles. The van der Waals surface area contributed by atoms with E-state index in [2.05, 4.69) is 0 Å². The first-order chi connectivity index (χ1) is 8.11. The highest BCUT2D eigenvalue weighted by Crippen LogP contribution is 2.27. The Bertz CT molecular complexity index is 591. The summed E-state index contributed by atoms with van der Waals surface area (Å²) in [4.78, 5) is 0. The molecule has 17 heavy (non-hydrogen) atoms. The van der Waals surface area contributed by atoms with Gasteiger partial charge < -0.3 is 0 Å². The lowest BCUT2D eigenvalue weighted by molar-refractivity contribution is 0.588. The van der Waals surface area contributed by atoms with Crippen LogP contribution in [0.2, 0.25) is 0 Å². The summed E-state index contributed by atoms with van der Waals surface area (Å²) in [6, 6.07) is 8.47. The SMILES string of the molecule is N#Cc1cc(F)c(-c2cccc(F)c2)c(F)c1. The van der Waals surface area contributed by atoms with E-state index >= 15 is 0 Å². The van der Waals surface area contributed by atoms with E-state index in [1.807, 2.05) is 0 Å². The maximum absolute atomic E-state index is 13.6. The van der Waals surface area contributed by atoms with Crippen LogP contribution < -0.4 is 0 Å². The molecule has 84 valence electrons. The molecule has 0 unspecified atom stereocenters. The summed E-state index contributed by atoms with van der Waals surface area (Å²) < 4.78 is 40.2. The van der Waals surface area contributed by atoms with Crippen molar-refractivity contribution in [1.29, 1.82) is 5.26 Å². The molecule has 2 aromatic rings. The zero-order valence-electron chi connectivity index (χ0n) is 8.55. The Morgan fingerprint density at radius 2 is 1.59 bits per heavy atom. The van der Waals surface area contributed by atoms with Gasteiger partial charge >= 0.3 is 0 Å². The molecular formula is C13H6F3N. The van der Waals surface area contributed by atoms with Crippen molar-refractivity contribution in [2.24, 2.45) is 0 Å². The molecule has 0 fully saturated rings. The Labute approximate surface area is 95.7 Å². The molecule has 0 saturated carbocycles. The van der Waals surface area contributed by atoms with Crippen molar-refractivity contribution in [3.05, 3.63) is 59.4 Å². The van der Waals surface area contributed by atoms with E-state index in [0.717, 1.165) is 18.2 Å². The molecule has 0 heterocycles. The third-order valence-electron chi connectivity index (χ3n) is 2.28. The third kappa shape index (κ3) is 2.13. The lowest BCUT2D eigenvalue weighted by atomic mass is 10.0. The summed E-state index contributed by atoms with van der Waals surface area (Å²) in [6.07, 6.45) is 0. The molecule has 0 aliphatic carbocycles. The lowest BCUT2D eigenvalue weighted by Gasteiger charge is -2.05.